The minimum Gasteiger partial charge on any atom is -0.465 e. The van der Waals surface area contributed by atoms with Crippen molar-refractivity contribution in [2.24, 2.45) is 5.92 Å². The lowest BCUT2D eigenvalue weighted by atomic mass is 9.77. The molecule has 0 bridgehead atoms. The molecule has 2 rings (SSSR count). The van der Waals surface area contributed by atoms with Gasteiger partial charge in [0.05, 0.1) is 12.5 Å². The van der Waals surface area contributed by atoms with Crippen molar-refractivity contribution in [2.75, 3.05) is 6.61 Å². The van der Waals surface area contributed by atoms with Crippen LogP contribution in [-0.4, -0.2) is 36.2 Å². The summed E-state index contributed by atoms with van der Waals surface area (Å²) in [5.74, 6) is -1.99. The zero-order chi connectivity index (χ0) is 19.7. The van der Waals surface area contributed by atoms with Crippen molar-refractivity contribution >= 4 is 17.9 Å². The molecule has 2 atom stereocenters. The van der Waals surface area contributed by atoms with Gasteiger partial charge in [0.25, 0.3) is 0 Å². The van der Waals surface area contributed by atoms with E-state index >= 15 is 0 Å². The molecule has 0 amide bonds. The molecule has 0 heterocycles. The number of hydrogen-bond donors (Lipinski definition) is 0. The first-order valence-electron chi connectivity index (χ1n) is 10.2. The second-order valence-corrected chi connectivity index (χ2v) is 7.60. The number of hydrogen-bond acceptors (Lipinski definition) is 6. The highest BCUT2D eigenvalue weighted by atomic mass is 16.6. The van der Waals surface area contributed by atoms with Gasteiger partial charge in [-0.15, -0.1) is 0 Å². The molecule has 2 fully saturated rings. The fourth-order valence-electron chi connectivity index (χ4n) is 3.87. The Hall–Kier alpha value is -1.85. The summed E-state index contributed by atoms with van der Waals surface area (Å²) in [7, 11) is 0. The van der Waals surface area contributed by atoms with Crippen molar-refractivity contribution < 1.29 is 28.6 Å². The molecule has 2 saturated carbocycles. The molecule has 0 aromatic rings. The number of ether oxygens (including phenoxy) is 3. The van der Waals surface area contributed by atoms with Crippen LogP contribution < -0.4 is 0 Å². The summed E-state index contributed by atoms with van der Waals surface area (Å²) >= 11 is 0. The van der Waals surface area contributed by atoms with E-state index < -0.39 is 23.5 Å². The van der Waals surface area contributed by atoms with Gasteiger partial charge in [-0.25, -0.2) is 9.59 Å². The SMILES string of the molecule is C=CC(=O)OC1(C(=O)OC2CCCCC2)CCCC(C(=O)OCCCC)C1. The number of unbranched alkanes of at least 4 members (excludes halogenated alkanes) is 1. The molecule has 0 N–H and O–H groups in total. The fourth-order valence-corrected chi connectivity index (χ4v) is 3.87. The van der Waals surface area contributed by atoms with Crippen LogP contribution >= 0.6 is 0 Å². The first kappa shape index (κ1) is 21.5. The predicted molar refractivity (Wildman–Crippen MR) is 99.8 cm³/mol. The van der Waals surface area contributed by atoms with Crippen LogP contribution in [0.25, 0.3) is 0 Å². The molecule has 0 aliphatic heterocycles. The standard InChI is InChI=1S/C21H32O6/c1-3-5-14-25-19(23)16-10-9-13-21(15-16,27-18(22)4-2)20(24)26-17-11-7-6-8-12-17/h4,16-17H,2-3,5-15H2,1H3. The van der Waals surface area contributed by atoms with Crippen molar-refractivity contribution in [1.29, 1.82) is 0 Å². The van der Waals surface area contributed by atoms with E-state index in [2.05, 4.69) is 6.58 Å². The molecule has 2 unspecified atom stereocenters. The molecule has 2 aliphatic carbocycles. The summed E-state index contributed by atoms with van der Waals surface area (Å²) in [4.78, 5) is 37.3. The second-order valence-electron chi connectivity index (χ2n) is 7.60. The predicted octanol–water partition coefficient (Wildman–Crippen LogP) is 3.86. The maximum absolute atomic E-state index is 13.0. The van der Waals surface area contributed by atoms with Gasteiger partial charge in [0.1, 0.15) is 6.10 Å². The van der Waals surface area contributed by atoms with E-state index in [-0.39, 0.29) is 18.5 Å². The largest absolute Gasteiger partial charge is 0.465 e. The lowest BCUT2D eigenvalue weighted by Crippen LogP contribution is -2.50. The third-order valence-corrected chi connectivity index (χ3v) is 5.45. The van der Waals surface area contributed by atoms with Crippen LogP contribution in [0.3, 0.4) is 0 Å². The van der Waals surface area contributed by atoms with Crippen LogP contribution in [0.15, 0.2) is 12.7 Å². The molecule has 0 spiro atoms. The lowest BCUT2D eigenvalue weighted by Gasteiger charge is -2.38. The molecule has 6 nitrogen and oxygen atoms in total. The molecular formula is C21H32O6. The van der Waals surface area contributed by atoms with Crippen molar-refractivity contribution in [3.8, 4) is 0 Å². The highest BCUT2D eigenvalue weighted by molar-refractivity contribution is 5.88. The average Bonchev–Trinajstić information content (AvgIpc) is 2.69. The number of rotatable bonds is 8. The Bertz CT molecular complexity index is 537. The molecule has 6 heteroatoms. The van der Waals surface area contributed by atoms with Crippen molar-refractivity contribution in [3.05, 3.63) is 12.7 Å². The first-order chi connectivity index (χ1) is 13.0. The third kappa shape index (κ3) is 6.08. The highest BCUT2D eigenvalue weighted by Crippen LogP contribution is 2.38. The van der Waals surface area contributed by atoms with E-state index in [4.69, 9.17) is 14.2 Å². The Morgan fingerprint density at radius 1 is 1.11 bits per heavy atom. The normalized spacial score (nSPS) is 26.0. The van der Waals surface area contributed by atoms with Crippen LogP contribution in [-0.2, 0) is 28.6 Å². The molecule has 27 heavy (non-hydrogen) atoms. The van der Waals surface area contributed by atoms with E-state index in [1.165, 1.54) is 0 Å². The van der Waals surface area contributed by atoms with Crippen molar-refractivity contribution in [3.63, 3.8) is 0 Å². The summed E-state index contributed by atoms with van der Waals surface area (Å²) in [5, 5.41) is 0. The van der Waals surface area contributed by atoms with Gasteiger partial charge in [-0.1, -0.05) is 26.3 Å². The number of carbonyl (C=O) groups is 3. The summed E-state index contributed by atoms with van der Waals surface area (Å²) in [6, 6.07) is 0. The van der Waals surface area contributed by atoms with E-state index in [9.17, 15) is 14.4 Å². The van der Waals surface area contributed by atoms with E-state index in [0.717, 1.165) is 51.0 Å². The smallest absolute Gasteiger partial charge is 0.350 e. The third-order valence-electron chi connectivity index (χ3n) is 5.45. The summed E-state index contributed by atoms with van der Waals surface area (Å²) in [6.45, 7) is 5.81. The van der Waals surface area contributed by atoms with Crippen LogP contribution in [0, 0.1) is 5.92 Å². The Morgan fingerprint density at radius 2 is 1.85 bits per heavy atom. The molecule has 0 aromatic heterocycles. The minimum atomic E-state index is -1.42. The molecule has 0 aromatic carbocycles. The van der Waals surface area contributed by atoms with Gasteiger partial charge in [0, 0.05) is 12.5 Å². The number of carbonyl (C=O) groups excluding carboxylic acids is 3. The number of esters is 3. The minimum absolute atomic E-state index is 0.114. The van der Waals surface area contributed by atoms with Crippen molar-refractivity contribution in [2.45, 2.75) is 89.3 Å². The average molecular weight is 380 g/mol. The molecule has 0 saturated heterocycles. The van der Waals surface area contributed by atoms with Crippen molar-refractivity contribution in [1.82, 2.24) is 0 Å². The second kappa shape index (κ2) is 10.5. The van der Waals surface area contributed by atoms with Gasteiger partial charge in [-0.3, -0.25) is 4.79 Å². The Balaban J connectivity index is 2.08. The van der Waals surface area contributed by atoms with E-state index in [1.807, 2.05) is 6.92 Å². The Labute approximate surface area is 161 Å². The van der Waals surface area contributed by atoms with Gasteiger partial charge < -0.3 is 14.2 Å². The van der Waals surface area contributed by atoms with E-state index in [0.29, 0.717) is 25.9 Å². The maximum atomic E-state index is 13.0. The summed E-state index contributed by atoms with van der Waals surface area (Å²) in [6.07, 6.45) is 9.21. The fraction of sp³-hybridized carbons (Fsp3) is 0.762. The monoisotopic (exact) mass is 380 g/mol. The lowest BCUT2D eigenvalue weighted by molar-refractivity contribution is -0.192. The molecule has 2 aliphatic rings. The zero-order valence-electron chi connectivity index (χ0n) is 16.4. The van der Waals surface area contributed by atoms with E-state index in [1.54, 1.807) is 0 Å². The molecule has 152 valence electrons. The maximum Gasteiger partial charge on any atom is 0.350 e. The Kier molecular flexibility index (Phi) is 8.32. The molecular weight excluding hydrogens is 348 g/mol. The van der Waals surface area contributed by atoms with Crippen LogP contribution in [0.5, 0.6) is 0 Å². The van der Waals surface area contributed by atoms with Gasteiger partial charge >= 0.3 is 17.9 Å². The summed E-state index contributed by atoms with van der Waals surface area (Å²) < 4.78 is 16.5. The quantitative estimate of drug-likeness (QED) is 0.275. The summed E-state index contributed by atoms with van der Waals surface area (Å²) in [5.41, 5.74) is -1.42. The van der Waals surface area contributed by atoms with Crippen LogP contribution in [0.1, 0.15) is 77.6 Å². The van der Waals surface area contributed by atoms with Crippen LogP contribution in [0.4, 0.5) is 0 Å². The zero-order valence-corrected chi connectivity index (χ0v) is 16.4. The van der Waals surface area contributed by atoms with Gasteiger partial charge in [-0.05, 0) is 51.4 Å². The first-order valence-corrected chi connectivity index (χ1v) is 10.2. The van der Waals surface area contributed by atoms with Gasteiger partial charge in [0.15, 0.2) is 0 Å². The van der Waals surface area contributed by atoms with Gasteiger partial charge in [0.2, 0.25) is 5.60 Å². The van der Waals surface area contributed by atoms with Crippen LogP contribution in [0.2, 0.25) is 0 Å². The van der Waals surface area contributed by atoms with Gasteiger partial charge in [-0.2, -0.15) is 0 Å². The highest BCUT2D eigenvalue weighted by Gasteiger charge is 2.50. The topological polar surface area (TPSA) is 78.9 Å². The molecule has 0 radical (unpaired) electrons. The Morgan fingerprint density at radius 3 is 2.52 bits per heavy atom.